The van der Waals surface area contributed by atoms with Gasteiger partial charge in [0.05, 0.1) is 23.4 Å². The van der Waals surface area contributed by atoms with Gasteiger partial charge in [0, 0.05) is 32.3 Å². The maximum atomic E-state index is 13.6. The first-order valence-electron chi connectivity index (χ1n) is 11.3. The van der Waals surface area contributed by atoms with Crippen LogP contribution < -0.4 is 10.2 Å². The monoisotopic (exact) mass is 567 g/mol. The third kappa shape index (κ3) is 6.06. The third-order valence-electron chi connectivity index (χ3n) is 6.34. The summed E-state index contributed by atoms with van der Waals surface area (Å²) in [6.07, 6.45) is -4.89. The molecule has 2 aromatic rings. The van der Waals surface area contributed by atoms with Crippen molar-refractivity contribution in [3.8, 4) is 17.0 Å². The van der Waals surface area contributed by atoms with Crippen LogP contribution in [0.2, 0.25) is 0 Å². The number of likely N-dealkylation sites (tertiary alicyclic amines) is 1. The number of carbonyl (C=O) groups excluding carboxylic acids is 1. The van der Waals surface area contributed by atoms with Gasteiger partial charge < -0.3 is 14.4 Å². The molecule has 0 spiro atoms. The van der Waals surface area contributed by atoms with Gasteiger partial charge in [-0.3, -0.25) is 15.0 Å². The highest BCUT2D eigenvalue weighted by Crippen LogP contribution is 2.37. The van der Waals surface area contributed by atoms with E-state index in [0.29, 0.717) is 31.8 Å². The van der Waals surface area contributed by atoms with Crippen LogP contribution in [-0.2, 0) is 19.4 Å². The Morgan fingerprint density at radius 3 is 2.24 bits per heavy atom. The van der Waals surface area contributed by atoms with Gasteiger partial charge in [-0.15, -0.1) is 0 Å². The minimum Gasteiger partial charge on any atom is -0.485 e. The Labute approximate surface area is 215 Å². The molecule has 15 heteroatoms. The number of nitrogens with zero attached hydrogens (tertiary/aromatic N) is 2. The Morgan fingerprint density at radius 1 is 1.11 bits per heavy atom. The molecule has 1 amide bonds. The summed E-state index contributed by atoms with van der Waals surface area (Å²) < 4.78 is 97.7. The van der Waals surface area contributed by atoms with Crippen LogP contribution in [0.15, 0.2) is 47.5 Å². The molecule has 0 saturated carbocycles. The highest BCUT2D eigenvalue weighted by molar-refractivity contribution is 7.93. The number of amides is 1. The van der Waals surface area contributed by atoms with Crippen LogP contribution in [0.5, 0.6) is 5.75 Å². The number of hydrogen-bond acceptors (Lipinski definition) is 8. The fraction of sp³-hybridized carbons (Fsp3) is 0.478. The molecule has 1 aromatic heterocycles. The summed E-state index contributed by atoms with van der Waals surface area (Å²) in [5, 5.41) is 9.29. The van der Waals surface area contributed by atoms with E-state index in [2.05, 4.69) is 9.72 Å². The van der Waals surface area contributed by atoms with Crippen LogP contribution in [-0.4, -0.2) is 86.2 Å². The van der Waals surface area contributed by atoms with E-state index >= 15 is 0 Å². The minimum absolute atomic E-state index is 0.0520. The lowest BCUT2D eigenvalue weighted by molar-refractivity contribution is -0.290. The van der Waals surface area contributed by atoms with Gasteiger partial charge >= 0.3 is 12.1 Å². The average molecular weight is 568 g/mol. The van der Waals surface area contributed by atoms with Gasteiger partial charge in [0.1, 0.15) is 5.75 Å². The summed E-state index contributed by atoms with van der Waals surface area (Å²) in [4.78, 5) is 18.4. The van der Waals surface area contributed by atoms with E-state index in [9.17, 15) is 40.4 Å². The van der Waals surface area contributed by atoms with Crippen molar-refractivity contribution in [2.45, 2.75) is 34.6 Å². The predicted molar refractivity (Wildman–Crippen MR) is 124 cm³/mol. The molecule has 0 radical (unpaired) electrons. The van der Waals surface area contributed by atoms with Gasteiger partial charge in [0.2, 0.25) is 0 Å². The number of piperidine rings is 1. The molecular formula is C23H26F5N3O6S. The highest BCUT2D eigenvalue weighted by atomic mass is 32.2. The summed E-state index contributed by atoms with van der Waals surface area (Å²) in [5.41, 5.74) is 2.16. The molecule has 38 heavy (non-hydrogen) atoms. The van der Waals surface area contributed by atoms with Crippen LogP contribution in [0.3, 0.4) is 0 Å². The van der Waals surface area contributed by atoms with E-state index < -0.39 is 39.2 Å². The molecule has 1 saturated heterocycles. The first kappa shape index (κ1) is 29.7. The summed E-state index contributed by atoms with van der Waals surface area (Å²) in [6, 6.07) is 7.81. The van der Waals surface area contributed by atoms with Crippen molar-refractivity contribution in [3.05, 3.63) is 42.6 Å². The van der Waals surface area contributed by atoms with Crippen LogP contribution in [0, 0.1) is 0 Å². The number of hydroxylamine groups is 1. The van der Waals surface area contributed by atoms with Crippen molar-refractivity contribution < 1.29 is 49.8 Å². The molecule has 0 atom stereocenters. The lowest BCUT2D eigenvalue weighted by Crippen LogP contribution is -2.58. The molecule has 0 aliphatic carbocycles. The number of methoxy groups -OCH3 is 1. The second kappa shape index (κ2) is 11.5. The number of hydrogen-bond donors (Lipinski definition) is 2. The van der Waals surface area contributed by atoms with Crippen molar-refractivity contribution in [3.63, 3.8) is 0 Å². The molecule has 0 bridgehead atoms. The molecule has 1 aliphatic rings. The first-order valence-corrected chi connectivity index (χ1v) is 12.8. The zero-order valence-electron chi connectivity index (χ0n) is 20.2. The first-order chi connectivity index (χ1) is 17.8. The predicted octanol–water partition coefficient (Wildman–Crippen LogP) is 3.09. The zero-order valence-corrected chi connectivity index (χ0v) is 21.0. The maximum Gasteiger partial charge on any atom is 0.456 e. The molecule has 0 unspecified atom stereocenters. The summed E-state index contributed by atoms with van der Waals surface area (Å²) >= 11 is 0. The van der Waals surface area contributed by atoms with Crippen LogP contribution >= 0.6 is 0 Å². The van der Waals surface area contributed by atoms with E-state index in [4.69, 9.17) is 4.74 Å². The molecule has 2 N–H and O–H groups in total. The number of ether oxygens (including phenoxy) is 2. The number of nitrogens with one attached hydrogen (secondary N) is 1. The molecule has 3 rings (SSSR count). The number of carbonyl (C=O) groups is 1. The number of pyridine rings is 1. The molecule has 1 fully saturated rings. The quantitative estimate of drug-likeness (QED) is 0.256. The van der Waals surface area contributed by atoms with E-state index in [1.807, 2.05) is 4.90 Å². The van der Waals surface area contributed by atoms with Gasteiger partial charge in [-0.05, 0) is 37.1 Å². The third-order valence-corrected chi connectivity index (χ3v) is 8.85. The number of halogens is 5. The van der Waals surface area contributed by atoms with Crippen molar-refractivity contribution in [2.75, 3.05) is 40.0 Å². The Balaban J connectivity index is 1.76. The van der Waals surface area contributed by atoms with E-state index in [1.165, 1.54) is 35.8 Å². The van der Waals surface area contributed by atoms with Crippen LogP contribution in [0.4, 0.5) is 22.0 Å². The largest absolute Gasteiger partial charge is 0.485 e. The molecule has 2 heterocycles. The Kier molecular flexibility index (Phi) is 8.96. The molecule has 9 nitrogen and oxygen atoms in total. The molecule has 1 aromatic carbocycles. The Morgan fingerprint density at radius 2 is 1.74 bits per heavy atom. The smallest absolute Gasteiger partial charge is 0.456 e. The molecular weight excluding hydrogens is 541 g/mol. The van der Waals surface area contributed by atoms with Crippen molar-refractivity contribution in [1.82, 2.24) is 15.4 Å². The fourth-order valence-electron chi connectivity index (χ4n) is 4.00. The standard InChI is InChI=1S/C23H26F5N3O6S/c1-36-13-12-31-10-8-21(9-11-31,20(32)30-33)38(34,35)18-5-2-16(3-6-18)19-7-4-17(14-29-19)37-15-22(24,25)23(26,27)28/h2-7,14,33H,8-13,15H2,1H3,(H,30,32). The zero-order chi connectivity index (χ0) is 28.2. The van der Waals surface area contributed by atoms with Crippen LogP contribution in [0.1, 0.15) is 12.8 Å². The van der Waals surface area contributed by atoms with Crippen molar-refractivity contribution in [1.29, 1.82) is 0 Å². The number of rotatable bonds is 10. The van der Waals surface area contributed by atoms with E-state index in [0.717, 1.165) is 12.3 Å². The molecule has 1 aliphatic heterocycles. The van der Waals surface area contributed by atoms with Crippen molar-refractivity contribution >= 4 is 15.7 Å². The maximum absolute atomic E-state index is 13.6. The number of aromatic nitrogens is 1. The van der Waals surface area contributed by atoms with E-state index in [1.54, 1.807) is 7.11 Å². The van der Waals surface area contributed by atoms with E-state index in [-0.39, 0.29) is 29.2 Å². The second-order valence-electron chi connectivity index (χ2n) is 8.67. The second-order valence-corrected chi connectivity index (χ2v) is 10.9. The summed E-state index contributed by atoms with van der Waals surface area (Å²) in [7, 11) is -2.71. The molecule has 210 valence electrons. The number of sulfone groups is 1. The number of benzene rings is 1. The average Bonchev–Trinajstić information content (AvgIpc) is 2.90. The normalized spacial score (nSPS) is 16.7. The Hall–Kier alpha value is -2.88. The topological polar surface area (TPSA) is 118 Å². The lowest BCUT2D eigenvalue weighted by atomic mass is 9.95. The SMILES string of the molecule is COCCN1CCC(C(=O)NO)(S(=O)(=O)c2ccc(-c3ccc(OCC(F)(F)C(F)(F)F)cn3)cc2)CC1. The minimum atomic E-state index is -5.75. The Bertz CT molecular complexity index is 1200. The van der Waals surface area contributed by atoms with Gasteiger partial charge in [0.15, 0.2) is 21.2 Å². The van der Waals surface area contributed by atoms with Gasteiger partial charge in [-0.2, -0.15) is 22.0 Å². The van der Waals surface area contributed by atoms with Gasteiger partial charge in [0.25, 0.3) is 5.91 Å². The lowest BCUT2D eigenvalue weighted by Gasteiger charge is -2.39. The van der Waals surface area contributed by atoms with Gasteiger partial charge in [-0.25, -0.2) is 13.9 Å². The van der Waals surface area contributed by atoms with Crippen LogP contribution in [0.25, 0.3) is 11.3 Å². The number of alkyl halides is 5. The van der Waals surface area contributed by atoms with Gasteiger partial charge in [-0.1, -0.05) is 12.1 Å². The summed E-state index contributed by atoms with van der Waals surface area (Å²) in [5.74, 6) is -6.37. The summed E-state index contributed by atoms with van der Waals surface area (Å²) in [6.45, 7) is -0.321. The fourth-order valence-corrected chi connectivity index (χ4v) is 5.96. The highest BCUT2D eigenvalue weighted by Gasteiger charge is 2.58. The van der Waals surface area contributed by atoms with Crippen molar-refractivity contribution in [2.24, 2.45) is 0 Å².